The average Bonchev–Trinajstić information content (AvgIpc) is 3.58. The first kappa shape index (κ1) is 29.5. The van der Waals surface area contributed by atoms with Gasteiger partial charge in [0.15, 0.2) is 0 Å². The molecule has 11 nitrogen and oxygen atoms in total. The minimum absolute atomic E-state index is 0.0605. The summed E-state index contributed by atoms with van der Waals surface area (Å²) >= 11 is 9.30. The molecule has 3 heterocycles. The summed E-state index contributed by atoms with van der Waals surface area (Å²) in [6, 6.07) is 11.6. The zero-order valence-corrected chi connectivity index (χ0v) is 24.2. The molecule has 0 atom stereocenters. The fourth-order valence-corrected chi connectivity index (χ4v) is 5.85. The van der Waals surface area contributed by atoms with Crippen LogP contribution in [0, 0.1) is 5.82 Å². The molecule has 0 spiro atoms. The van der Waals surface area contributed by atoms with Gasteiger partial charge in [0, 0.05) is 35.2 Å². The molecule has 0 saturated heterocycles. The van der Waals surface area contributed by atoms with Gasteiger partial charge in [0.1, 0.15) is 16.5 Å². The van der Waals surface area contributed by atoms with Crippen molar-refractivity contribution in [2.24, 2.45) is 4.99 Å². The number of thioether (sulfide) groups is 1. The zero-order valence-electron chi connectivity index (χ0n) is 21.0. The van der Waals surface area contributed by atoms with Crippen LogP contribution in [0.5, 0.6) is 0 Å². The highest BCUT2D eigenvalue weighted by Crippen LogP contribution is 2.33. The number of esters is 1. The first-order valence-corrected chi connectivity index (χ1v) is 14.7. The number of fused-ring (bicyclic) bond motifs is 1. The number of methoxy groups -OCH3 is 1. The maximum absolute atomic E-state index is 14.3. The molecule has 4 aromatic rings. The Kier molecular flexibility index (Phi) is 10.5. The smallest absolute Gasteiger partial charge is 0.325 e. The summed E-state index contributed by atoms with van der Waals surface area (Å²) in [5.74, 6) is -0.923. The lowest BCUT2D eigenvalue weighted by Gasteiger charge is -2.15. The summed E-state index contributed by atoms with van der Waals surface area (Å²) in [7, 11) is 1.30. The summed E-state index contributed by atoms with van der Waals surface area (Å²) in [6.45, 7) is 1.32. The highest BCUT2D eigenvalue weighted by atomic mass is 35.5. The Morgan fingerprint density at radius 1 is 1.18 bits per heavy atom. The molecular formula is C24H23ClFN7O4S3. The van der Waals surface area contributed by atoms with Crippen molar-refractivity contribution in [3.8, 4) is 0 Å². The molecule has 2 aromatic carbocycles. The van der Waals surface area contributed by atoms with Crippen molar-refractivity contribution in [1.82, 2.24) is 19.0 Å². The van der Waals surface area contributed by atoms with Crippen LogP contribution in [-0.4, -0.2) is 43.8 Å². The van der Waals surface area contributed by atoms with E-state index >= 15 is 0 Å². The fourth-order valence-electron chi connectivity index (χ4n) is 3.45. The molecule has 210 valence electrons. The first-order valence-electron chi connectivity index (χ1n) is 11.8. The maximum atomic E-state index is 14.3. The van der Waals surface area contributed by atoms with E-state index in [0.717, 1.165) is 59.2 Å². The molecule has 0 bridgehead atoms. The van der Waals surface area contributed by atoms with Gasteiger partial charge in [-0.2, -0.15) is 0 Å². The van der Waals surface area contributed by atoms with Crippen LogP contribution in [0.15, 0.2) is 63.3 Å². The Morgan fingerprint density at radius 3 is 2.62 bits per heavy atom. The minimum atomic E-state index is -0.580. The van der Waals surface area contributed by atoms with Gasteiger partial charge in [-0.1, -0.05) is 34.3 Å². The van der Waals surface area contributed by atoms with Crippen LogP contribution >= 0.6 is 46.2 Å². The number of amides is 2. The van der Waals surface area contributed by atoms with Gasteiger partial charge in [-0.05, 0) is 48.4 Å². The number of nitrogens with zero attached hydrogens (tertiary/aromatic N) is 5. The number of carbonyl (C=O) groups excluding carboxylic acids is 2. The van der Waals surface area contributed by atoms with Gasteiger partial charge in [-0.3, -0.25) is 19.6 Å². The van der Waals surface area contributed by atoms with Gasteiger partial charge in [0.25, 0.3) is 0 Å². The second kappa shape index (κ2) is 14.2. The lowest BCUT2D eigenvalue weighted by molar-refractivity contribution is -0.137. The summed E-state index contributed by atoms with van der Waals surface area (Å²) in [5, 5.41) is 9.72. The van der Waals surface area contributed by atoms with Crippen LogP contribution in [0.3, 0.4) is 0 Å². The summed E-state index contributed by atoms with van der Waals surface area (Å²) in [5.41, 5.74) is 0.826. The normalized spacial score (nSPS) is 12.6. The summed E-state index contributed by atoms with van der Waals surface area (Å²) < 4.78 is 25.9. The predicted molar refractivity (Wildman–Crippen MR) is 154 cm³/mol. The van der Waals surface area contributed by atoms with Gasteiger partial charge >= 0.3 is 16.9 Å². The molecule has 5 rings (SSSR count). The number of ether oxygens (including phenoxy) is 1. The van der Waals surface area contributed by atoms with Gasteiger partial charge < -0.3 is 10.1 Å². The molecule has 1 aliphatic heterocycles. The number of carbonyl (C=O) groups is 2. The molecule has 0 aliphatic carbocycles. The SMILES string of the molecule is COC(=O)CSc1cc(/N=c2\sc(=O)n3n2CCCC3)c(F)cc1Cl.O=C(Nc1ccccc1)Nc1cnns1. The monoisotopic (exact) mass is 623 g/mol. The molecule has 1 aliphatic rings. The number of benzene rings is 2. The third-order valence-electron chi connectivity index (χ3n) is 5.31. The van der Waals surface area contributed by atoms with Gasteiger partial charge in [0.2, 0.25) is 4.80 Å². The number of aromatic nitrogens is 4. The van der Waals surface area contributed by atoms with E-state index in [2.05, 4.69) is 29.9 Å². The van der Waals surface area contributed by atoms with Crippen molar-refractivity contribution in [2.45, 2.75) is 30.8 Å². The second-order valence-corrected chi connectivity index (χ2v) is 11.2. The van der Waals surface area contributed by atoms with Crippen LogP contribution in [0.4, 0.5) is 25.6 Å². The van der Waals surface area contributed by atoms with Crippen molar-refractivity contribution >= 4 is 74.6 Å². The van der Waals surface area contributed by atoms with Crippen molar-refractivity contribution < 1.29 is 18.7 Å². The predicted octanol–water partition coefficient (Wildman–Crippen LogP) is 4.98. The minimum Gasteiger partial charge on any atom is -0.468 e. The van der Waals surface area contributed by atoms with Gasteiger partial charge in [-0.25, -0.2) is 18.9 Å². The van der Waals surface area contributed by atoms with E-state index < -0.39 is 11.8 Å². The molecular weight excluding hydrogens is 601 g/mol. The maximum Gasteiger partial charge on any atom is 0.325 e. The number of halogens is 2. The van der Waals surface area contributed by atoms with E-state index in [0.29, 0.717) is 27.8 Å². The Hall–Kier alpha value is -3.53. The van der Waals surface area contributed by atoms with Gasteiger partial charge in [-0.15, -0.1) is 16.9 Å². The van der Waals surface area contributed by atoms with E-state index in [4.69, 9.17) is 11.6 Å². The van der Waals surface area contributed by atoms with E-state index in [1.54, 1.807) is 9.36 Å². The molecule has 0 radical (unpaired) electrons. The van der Waals surface area contributed by atoms with Crippen LogP contribution in [0.2, 0.25) is 5.02 Å². The van der Waals surface area contributed by atoms with E-state index in [-0.39, 0.29) is 27.4 Å². The van der Waals surface area contributed by atoms with Crippen LogP contribution in [0.1, 0.15) is 12.8 Å². The quantitative estimate of drug-likeness (QED) is 0.229. The van der Waals surface area contributed by atoms with E-state index in [9.17, 15) is 18.8 Å². The van der Waals surface area contributed by atoms with E-state index in [1.165, 1.54) is 19.4 Å². The Bertz CT molecular complexity index is 1590. The molecule has 40 heavy (non-hydrogen) atoms. The molecule has 0 fully saturated rings. The number of hydrogen-bond acceptors (Lipinski definition) is 10. The highest BCUT2D eigenvalue weighted by Gasteiger charge is 2.15. The lowest BCUT2D eigenvalue weighted by Crippen LogP contribution is -2.31. The first-order chi connectivity index (χ1) is 19.3. The lowest BCUT2D eigenvalue weighted by atomic mass is 10.3. The molecule has 16 heteroatoms. The Morgan fingerprint density at radius 2 is 1.93 bits per heavy atom. The third kappa shape index (κ3) is 8.00. The van der Waals surface area contributed by atoms with Crippen molar-refractivity contribution in [1.29, 1.82) is 0 Å². The van der Waals surface area contributed by atoms with Crippen LogP contribution in [-0.2, 0) is 22.6 Å². The molecule has 0 saturated carbocycles. The fraction of sp³-hybridized carbons (Fsp3) is 0.250. The Balaban J connectivity index is 0.000000210. The number of anilines is 2. The largest absolute Gasteiger partial charge is 0.468 e. The molecule has 2 aromatic heterocycles. The van der Waals surface area contributed by atoms with Crippen molar-refractivity contribution in [2.75, 3.05) is 23.5 Å². The number of para-hydroxylation sites is 1. The van der Waals surface area contributed by atoms with Crippen LogP contribution < -0.4 is 20.3 Å². The topological polar surface area (TPSA) is 132 Å². The third-order valence-corrected chi connectivity index (χ3v) is 8.22. The summed E-state index contributed by atoms with van der Waals surface area (Å²) in [6.07, 6.45) is 3.39. The molecule has 2 amide bonds. The number of nitrogens with one attached hydrogen (secondary N) is 2. The standard InChI is InChI=1S/C15H15ClFN3O3S2.C9H8N4OS/c1-23-13(21)8-24-12-7-11(10(17)6-9(12)16)18-14-19-4-2-3-5-20(19)15(22)25-14;14-9(12-8-6-10-13-15-8)11-7-4-2-1-3-5-7/h6-7H,2-5,8H2,1H3;1-6H,(H2,11,12,14)/b18-14-;. The highest BCUT2D eigenvalue weighted by molar-refractivity contribution is 8.00. The number of urea groups is 1. The Labute approximate surface area is 244 Å². The van der Waals surface area contributed by atoms with Gasteiger partial charge in [0.05, 0.1) is 24.1 Å². The number of hydrogen-bond donors (Lipinski definition) is 2. The number of rotatable bonds is 6. The van der Waals surface area contributed by atoms with Crippen LogP contribution in [0.25, 0.3) is 0 Å². The summed E-state index contributed by atoms with van der Waals surface area (Å²) in [4.78, 5) is 39.9. The van der Waals surface area contributed by atoms with Crippen molar-refractivity contribution in [3.05, 3.63) is 74.0 Å². The average molecular weight is 624 g/mol. The second-order valence-electron chi connectivity index (χ2n) is 8.04. The zero-order chi connectivity index (χ0) is 28.5. The molecule has 2 N–H and O–H groups in total. The van der Waals surface area contributed by atoms with Crippen molar-refractivity contribution in [3.63, 3.8) is 0 Å². The van der Waals surface area contributed by atoms with E-state index in [1.807, 2.05) is 30.3 Å². The molecule has 0 unspecified atom stereocenters.